The third-order valence-corrected chi connectivity index (χ3v) is 6.24. The summed E-state index contributed by atoms with van der Waals surface area (Å²) >= 11 is 0. The first kappa shape index (κ1) is 20.0. The molecule has 2 aliphatic rings. The van der Waals surface area contributed by atoms with Gasteiger partial charge in [0, 0.05) is 19.5 Å². The Morgan fingerprint density at radius 3 is 2.58 bits per heavy atom. The summed E-state index contributed by atoms with van der Waals surface area (Å²) in [6.07, 6.45) is 1.27. The van der Waals surface area contributed by atoms with Crippen LogP contribution in [0.1, 0.15) is 12.0 Å². The maximum Gasteiger partial charge on any atom is 0.420 e. The zero-order chi connectivity index (χ0) is 21.2. The molecule has 2 saturated heterocycles. The summed E-state index contributed by atoms with van der Waals surface area (Å²) in [6, 6.07) is 16.8. The molecule has 0 N–H and O–H groups in total. The number of fused-ring (bicyclic) bond motifs is 1. The fraction of sp³-hybridized carbons (Fsp3) is 0.417. The van der Waals surface area contributed by atoms with E-state index in [1.54, 1.807) is 4.57 Å². The standard InChI is InChI=1S/C24H25N3O4/c25-9-1-2-17-3-5-18(6-4-17)19-7-8-23-22(12-19)27(24(28)31-23)13-20-14-29-11-10-26(20)21-15-30-16-21/h3-8,12,20-21H,1-2,10-11,13-16H2. The van der Waals surface area contributed by atoms with Crippen molar-refractivity contribution in [2.45, 2.75) is 31.5 Å². The lowest BCUT2D eigenvalue weighted by atomic mass is 10.0. The van der Waals surface area contributed by atoms with E-state index >= 15 is 0 Å². The average molecular weight is 419 g/mol. The van der Waals surface area contributed by atoms with E-state index in [2.05, 4.69) is 35.2 Å². The average Bonchev–Trinajstić information content (AvgIpc) is 3.07. The summed E-state index contributed by atoms with van der Waals surface area (Å²) in [5.74, 6) is -0.339. The van der Waals surface area contributed by atoms with Crippen LogP contribution >= 0.6 is 0 Å². The Bertz CT molecular complexity index is 1150. The summed E-state index contributed by atoms with van der Waals surface area (Å²) in [5.41, 5.74) is 4.63. The number of hydrogen-bond acceptors (Lipinski definition) is 6. The molecule has 3 aromatic rings. The number of aryl methyl sites for hydroxylation is 1. The quantitative estimate of drug-likeness (QED) is 0.611. The fourth-order valence-electron chi connectivity index (χ4n) is 4.41. The lowest BCUT2D eigenvalue weighted by Gasteiger charge is -2.44. The van der Waals surface area contributed by atoms with Crippen molar-refractivity contribution in [2.75, 3.05) is 33.0 Å². The third-order valence-electron chi connectivity index (χ3n) is 6.24. The largest absolute Gasteiger partial charge is 0.420 e. The molecule has 1 unspecified atom stereocenters. The lowest BCUT2D eigenvalue weighted by Crippen LogP contribution is -2.59. The second-order valence-electron chi connectivity index (χ2n) is 8.17. The van der Waals surface area contributed by atoms with Crippen LogP contribution in [-0.4, -0.2) is 54.5 Å². The van der Waals surface area contributed by atoms with Gasteiger partial charge < -0.3 is 13.9 Å². The topological polar surface area (TPSA) is 80.6 Å². The molecule has 0 aliphatic carbocycles. The van der Waals surface area contributed by atoms with Crippen molar-refractivity contribution in [3.05, 3.63) is 58.6 Å². The van der Waals surface area contributed by atoms with Gasteiger partial charge in [0.1, 0.15) is 0 Å². The van der Waals surface area contributed by atoms with E-state index in [0.29, 0.717) is 37.8 Å². The highest BCUT2D eigenvalue weighted by Crippen LogP contribution is 2.26. The van der Waals surface area contributed by atoms with E-state index in [4.69, 9.17) is 19.2 Å². The number of rotatable bonds is 6. The molecule has 0 spiro atoms. The Balaban J connectivity index is 1.43. The van der Waals surface area contributed by atoms with Crippen molar-refractivity contribution in [3.8, 4) is 17.2 Å². The molecule has 31 heavy (non-hydrogen) atoms. The number of nitriles is 1. The van der Waals surface area contributed by atoms with Crippen LogP contribution in [0.2, 0.25) is 0 Å². The molecule has 7 nitrogen and oxygen atoms in total. The van der Waals surface area contributed by atoms with Crippen molar-refractivity contribution < 1.29 is 13.9 Å². The smallest absolute Gasteiger partial charge is 0.408 e. The Hall–Kier alpha value is -2.92. The van der Waals surface area contributed by atoms with Gasteiger partial charge >= 0.3 is 5.76 Å². The van der Waals surface area contributed by atoms with Crippen molar-refractivity contribution in [2.24, 2.45) is 0 Å². The molecule has 7 heteroatoms. The van der Waals surface area contributed by atoms with E-state index in [1.807, 2.05) is 18.2 Å². The van der Waals surface area contributed by atoms with Gasteiger partial charge in [0.2, 0.25) is 0 Å². The zero-order valence-corrected chi connectivity index (χ0v) is 17.3. The Labute approximate surface area is 180 Å². The summed E-state index contributed by atoms with van der Waals surface area (Å²) in [6.45, 7) is 4.17. The van der Waals surface area contributed by atoms with Gasteiger partial charge in [-0.1, -0.05) is 30.3 Å². The van der Waals surface area contributed by atoms with Crippen LogP contribution in [0.15, 0.2) is 51.7 Å². The van der Waals surface area contributed by atoms with Crippen molar-refractivity contribution in [1.29, 1.82) is 5.26 Å². The molecule has 3 heterocycles. The molecule has 5 rings (SSSR count). The van der Waals surface area contributed by atoms with E-state index < -0.39 is 0 Å². The fourth-order valence-corrected chi connectivity index (χ4v) is 4.41. The Morgan fingerprint density at radius 2 is 1.84 bits per heavy atom. The molecule has 160 valence electrons. The van der Waals surface area contributed by atoms with Crippen molar-refractivity contribution in [3.63, 3.8) is 0 Å². The molecular weight excluding hydrogens is 394 g/mol. The maximum atomic E-state index is 12.7. The van der Waals surface area contributed by atoms with Crippen LogP contribution in [-0.2, 0) is 22.4 Å². The second kappa shape index (κ2) is 8.67. The normalized spacial score (nSPS) is 19.9. The number of hydrogen-bond donors (Lipinski definition) is 0. The van der Waals surface area contributed by atoms with Crippen molar-refractivity contribution >= 4 is 11.1 Å². The van der Waals surface area contributed by atoms with Crippen LogP contribution in [0.5, 0.6) is 0 Å². The van der Waals surface area contributed by atoms with Gasteiger partial charge in [0.15, 0.2) is 5.58 Å². The minimum Gasteiger partial charge on any atom is -0.408 e. The van der Waals surface area contributed by atoms with Gasteiger partial charge in [-0.2, -0.15) is 5.26 Å². The summed E-state index contributed by atoms with van der Waals surface area (Å²) in [4.78, 5) is 15.1. The van der Waals surface area contributed by atoms with Crippen LogP contribution in [0.3, 0.4) is 0 Å². The summed E-state index contributed by atoms with van der Waals surface area (Å²) < 4.78 is 18.3. The van der Waals surface area contributed by atoms with Crippen LogP contribution in [0.25, 0.3) is 22.2 Å². The van der Waals surface area contributed by atoms with Gasteiger partial charge in [-0.05, 0) is 35.2 Å². The molecule has 0 bridgehead atoms. The molecule has 1 aromatic heterocycles. The van der Waals surface area contributed by atoms with E-state index in [9.17, 15) is 4.79 Å². The molecule has 0 amide bonds. The Morgan fingerprint density at radius 1 is 1.03 bits per heavy atom. The number of oxazole rings is 1. The van der Waals surface area contributed by atoms with Crippen LogP contribution in [0.4, 0.5) is 0 Å². The summed E-state index contributed by atoms with van der Waals surface area (Å²) in [5, 5.41) is 8.77. The van der Waals surface area contributed by atoms with Crippen molar-refractivity contribution in [1.82, 2.24) is 9.47 Å². The number of ether oxygens (including phenoxy) is 2. The molecular formula is C24H25N3O4. The zero-order valence-electron chi connectivity index (χ0n) is 17.3. The highest BCUT2D eigenvalue weighted by atomic mass is 16.5. The summed E-state index contributed by atoms with van der Waals surface area (Å²) in [7, 11) is 0. The monoisotopic (exact) mass is 419 g/mol. The molecule has 2 aliphatic heterocycles. The minimum absolute atomic E-state index is 0.115. The molecule has 0 saturated carbocycles. The Kier molecular flexibility index (Phi) is 5.60. The number of nitrogens with zero attached hydrogens (tertiary/aromatic N) is 3. The molecule has 2 fully saturated rings. The second-order valence-corrected chi connectivity index (χ2v) is 8.17. The first-order valence-electron chi connectivity index (χ1n) is 10.7. The molecule has 1 atom stereocenters. The van der Waals surface area contributed by atoms with Gasteiger partial charge in [-0.3, -0.25) is 9.47 Å². The third kappa shape index (κ3) is 4.02. The highest BCUT2D eigenvalue weighted by Gasteiger charge is 2.34. The van der Waals surface area contributed by atoms with E-state index in [-0.39, 0.29) is 11.8 Å². The van der Waals surface area contributed by atoms with E-state index in [0.717, 1.165) is 48.4 Å². The maximum absolute atomic E-state index is 12.7. The van der Waals surface area contributed by atoms with E-state index in [1.165, 1.54) is 0 Å². The van der Waals surface area contributed by atoms with Gasteiger partial charge in [0.25, 0.3) is 0 Å². The number of morpholine rings is 1. The first-order valence-corrected chi connectivity index (χ1v) is 10.7. The number of benzene rings is 2. The number of aromatic nitrogens is 1. The highest BCUT2D eigenvalue weighted by molar-refractivity contribution is 5.80. The first-order chi connectivity index (χ1) is 15.2. The van der Waals surface area contributed by atoms with Crippen LogP contribution in [0, 0.1) is 11.3 Å². The SMILES string of the molecule is N#CCCc1ccc(-c2ccc3oc(=O)n(CC4COCCN4C4COC4)c3c2)cc1. The minimum atomic E-state index is -0.339. The lowest BCUT2D eigenvalue weighted by molar-refractivity contribution is -0.119. The van der Waals surface area contributed by atoms with Gasteiger partial charge in [0.05, 0.1) is 50.1 Å². The van der Waals surface area contributed by atoms with Gasteiger partial charge in [-0.15, -0.1) is 0 Å². The van der Waals surface area contributed by atoms with Gasteiger partial charge in [-0.25, -0.2) is 4.79 Å². The van der Waals surface area contributed by atoms with Crippen LogP contribution < -0.4 is 5.76 Å². The predicted molar refractivity (Wildman–Crippen MR) is 116 cm³/mol. The molecule has 0 radical (unpaired) electrons. The predicted octanol–water partition coefficient (Wildman–Crippen LogP) is 2.82. The molecule has 2 aromatic carbocycles.